The molecule has 2 aliphatic heterocycles. The summed E-state index contributed by atoms with van der Waals surface area (Å²) in [6.45, 7) is 4.32. The van der Waals surface area contributed by atoms with Gasteiger partial charge in [-0.05, 0) is 61.9 Å². The molecule has 0 bridgehead atoms. The van der Waals surface area contributed by atoms with Crippen LogP contribution in [0.5, 0.6) is 11.5 Å². The van der Waals surface area contributed by atoms with Gasteiger partial charge in [0.15, 0.2) is 0 Å². The van der Waals surface area contributed by atoms with Crippen molar-refractivity contribution < 1.29 is 23.5 Å². The molecule has 1 fully saturated rings. The topological polar surface area (TPSA) is 83.5 Å². The highest BCUT2D eigenvalue weighted by molar-refractivity contribution is 9.10. The molecule has 214 valence electrons. The first-order chi connectivity index (χ1) is 19.7. The fourth-order valence-corrected chi connectivity index (χ4v) is 5.54. The fourth-order valence-electron chi connectivity index (χ4n) is 5.04. The van der Waals surface area contributed by atoms with Crippen LogP contribution in [-0.4, -0.2) is 60.4 Å². The number of amides is 3. The highest BCUT2D eigenvalue weighted by Crippen LogP contribution is 2.46. The number of nitrogens with one attached hydrogen (secondary N) is 1. The van der Waals surface area contributed by atoms with E-state index in [0.29, 0.717) is 56.6 Å². The van der Waals surface area contributed by atoms with Crippen molar-refractivity contribution in [2.24, 2.45) is 4.99 Å². The summed E-state index contributed by atoms with van der Waals surface area (Å²) in [5.74, 6) is 0.604. The van der Waals surface area contributed by atoms with Crippen LogP contribution in [0.15, 0.2) is 70.1 Å². The third kappa shape index (κ3) is 6.04. The molecule has 8 nitrogen and oxygen atoms in total. The molecule has 0 radical (unpaired) electrons. The van der Waals surface area contributed by atoms with Gasteiger partial charge in [-0.25, -0.2) is 9.18 Å². The van der Waals surface area contributed by atoms with Gasteiger partial charge in [0, 0.05) is 34.2 Å². The third-order valence-electron chi connectivity index (χ3n) is 6.86. The summed E-state index contributed by atoms with van der Waals surface area (Å²) < 4.78 is 27.7. The summed E-state index contributed by atoms with van der Waals surface area (Å²) in [6, 6.07) is 15.0. The summed E-state index contributed by atoms with van der Waals surface area (Å²) >= 11 is 9.68. The van der Waals surface area contributed by atoms with Gasteiger partial charge in [-0.3, -0.25) is 14.7 Å². The Labute approximate surface area is 251 Å². The Bertz CT molecular complexity index is 1500. The van der Waals surface area contributed by atoms with Crippen molar-refractivity contribution >= 4 is 45.3 Å². The van der Waals surface area contributed by atoms with Crippen molar-refractivity contribution in [1.82, 2.24) is 15.1 Å². The van der Waals surface area contributed by atoms with Gasteiger partial charge in [-0.1, -0.05) is 39.7 Å². The number of methoxy groups -OCH3 is 1. The number of halogens is 3. The zero-order valence-electron chi connectivity index (χ0n) is 22.7. The smallest absolute Gasteiger partial charge is 0.326 e. The number of hydrogen-bond donors (Lipinski definition) is 1. The first-order valence-corrected chi connectivity index (χ1v) is 14.3. The van der Waals surface area contributed by atoms with Crippen LogP contribution in [0.2, 0.25) is 5.02 Å². The fraction of sp³-hybridized carbons (Fsp3) is 0.300. The summed E-state index contributed by atoms with van der Waals surface area (Å²) in [5.41, 5.74) is 1.54. The second-order valence-corrected chi connectivity index (χ2v) is 11.4. The molecule has 11 heteroatoms. The molecule has 1 N–H and O–H groups in total. The van der Waals surface area contributed by atoms with Crippen molar-refractivity contribution in [2.75, 3.05) is 26.7 Å². The third-order valence-corrected chi connectivity index (χ3v) is 7.61. The molecule has 0 spiro atoms. The summed E-state index contributed by atoms with van der Waals surface area (Å²) in [5, 5.41) is 3.28. The SMILES string of the molecule is COc1ccc(C2=N[C@@H](c3cc(Br)ccc3F)[C@@H](c3ccc(Cl)cc3)N2C(=O)N2CCNC(=O)C2)c(OC(C)C)c1. The van der Waals surface area contributed by atoms with Gasteiger partial charge < -0.3 is 19.7 Å². The summed E-state index contributed by atoms with van der Waals surface area (Å²) in [6.07, 6.45) is -0.191. The van der Waals surface area contributed by atoms with Crippen LogP contribution in [0.4, 0.5) is 9.18 Å². The Hall–Kier alpha value is -3.63. The Morgan fingerprint density at radius 1 is 1.15 bits per heavy atom. The van der Waals surface area contributed by atoms with E-state index in [-0.39, 0.29) is 18.6 Å². The predicted octanol–water partition coefficient (Wildman–Crippen LogP) is 6.13. The zero-order chi connectivity index (χ0) is 29.3. The van der Waals surface area contributed by atoms with E-state index in [0.717, 1.165) is 0 Å². The second kappa shape index (κ2) is 12.1. The number of hydrogen-bond acceptors (Lipinski definition) is 5. The molecule has 5 rings (SSSR count). The first kappa shape index (κ1) is 28.9. The quantitative estimate of drug-likeness (QED) is 0.350. The molecule has 2 heterocycles. The number of benzene rings is 3. The molecular weight excluding hydrogens is 615 g/mol. The average molecular weight is 644 g/mol. The Morgan fingerprint density at radius 2 is 1.90 bits per heavy atom. The van der Waals surface area contributed by atoms with Crippen LogP contribution in [0, 0.1) is 5.82 Å². The van der Waals surface area contributed by atoms with Crippen LogP contribution in [0.25, 0.3) is 0 Å². The van der Waals surface area contributed by atoms with Crippen LogP contribution < -0.4 is 14.8 Å². The van der Waals surface area contributed by atoms with Gasteiger partial charge in [0.1, 0.15) is 35.7 Å². The van der Waals surface area contributed by atoms with Gasteiger partial charge in [-0.15, -0.1) is 0 Å². The molecule has 0 aromatic heterocycles. The summed E-state index contributed by atoms with van der Waals surface area (Å²) in [7, 11) is 1.56. The molecular formula is C30H29BrClFN4O4. The van der Waals surface area contributed by atoms with E-state index in [1.54, 1.807) is 66.6 Å². The molecule has 3 amide bonds. The van der Waals surface area contributed by atoms with Gasteiger partial charge in [-0.2, -0.15) is 0 Å². The number of carbonyl (C=O) groups excluding carboxylic acids is 2. The van der Waals surface area contributed by atoms with Gasteiger partial charge in [0.25, 0.3) is 0 Å². The predicted molar refractivity (Wildman–Crippen MR) is 158 cm³/mol. The van der Waals surface area contributed by atoms with Crippen molar-refractivity contribution in [3.05, 3.63) is 92.7 Å². The maximum atomic E-state index is 15.5. The van der Waals surface area contributed by atoms with E-state index in [1.807, 2.05) is 13.8 Å². The molecule has 2 atom stereocenters. The normalized spacial score (nSPS) is 18.8. The van der Waals surface area contributed by atoms with Crippen molar-refractivity contribution in [3.8, 4) is 11.5 Å². The van der Waals surface area contributed by atoms with Gasteiger partial charge >= 0.3 is 6.03 Å². The van der Waals surface area contributed by atoms with Gasteiger partial charge in [0.05, 0.1) is 24.8 Å². The highest BCUT2D eigenvalue weighted by Gasteiger charge is 2.46. The van der Waals surface area contributed by atoms with E-state index in [4.69, 9.17) is 26.1 Å². The standard InChI is InChI=1S/C30H29BrClFN4O4/c1-17(2)41-25-15-21(40-3)9-10-22(25)29-35-27(23-14-19(31)6-11-24(23)33)28(18-4-7-20(32)8-5-18)37(29)30(39)36-13-12-34-26(38)16-36/h4-11,14-15,17,27-28H,12-13,16H2,1-3H3,(H,34,38)/t27-,28+/m0/s1. The minimum Gasteiger partial charge on any atom is -0.497 e. The molecule has 2 aliphatic rings. The largest absolute Gasteiger partial charge is 0.497 e. The number of urea groups is 1. The average Bonchev–Trinajstić information content (AvgIpc) is 3.34. The molecule has 0 aliphatic carbocycles. The minimum atomic E-state index is -0.819. The number of nitrogens with zero attached hydrogens (tertiary/aromatic N) is 3. The maximum Gasteiger partial charge on any atom is 0.326 e. The van der Waals surface area contributed by atoms with Crippen LogP contribution in [-0.2, 0) is 4.79 Å². The molecule has 3 aromatic rings. The molecule has 0 unspecified atom stereocenters. The lowest BCUT2D eigenvalue weighted by atomic mass is 9.93. The van der Waals surface area contributed by atoms with E-state index >= 15 is 4.39 Å². The number of amidine groups is 1. The van der Waals surface area contributed by atoms with Crippen molar-refractivity contribution in [3.63, 3.8) is 0 Å². The lowest BCUT2D eigenvalue weighted by molar-refractivity contribution is -0.123. The number of rotatable bonds is 6. The maximum absolute atomic E-state index is 15.5. The van der Waals surface area contributed by atoms with Crippen LogP contribution in [0.1, 0.15) is 42.6 Å². The number of aliphatic imine (C=N–C) groups is 1. The second-order valence-electron chi connectivity index (χ2n) is 10.0. The molecule has 1 saturated heterocycles. The number of ether oxygens (including phenoxy) is 2. The van der Waals surface area contributed by atoms with E-state index < -0.39 is 23.9 Å². The van der Waals surface area contributed by atoms with Crippen molar-refractivity contribution in [2.45, 2.75) is 32.0 Å². The number of carbonyl (C=O) groups is 2. The van der Waals surface area contributed by atoms with E-state index in [1.165, 1.54) is 11.0 Å². The Kier molecular flexibility index (Phi) is 8.51. The lowest BCUT2D eigenvalue weighted by Gasteiger charge is -2.36. The van der Waals surface area contributed by atoms with E-state index in [2.05, 4.69) is 21.2 Å². The minimum absolute atomic E-state index is 0.107. The molecule has 41 heavy (non-hydrogen) atoms. The Balaban J connectivity index is 1.74. The van der Waals surface area contributed by atoms with E-state index in [9.17, 15) is 9.59 Å². The van der Waals surface area contributed by atoms with Crippen LogP contribution >= 0.6 is 27.5 Å². The number of piperazine rings is 1. The first-order valence-electron chi connectivity index (χ1n) is 13.1. The zero-order valence-corrected chi connectivity index (χ0v) is 25.1. The molecule has 3 aromatic carbocycles. The van der Waals surface area contributed by atoms with Gasteiger partial charge in [0.2, 0.25) is 5.91 Å². The highest BCUT2D eigenvalue weighted by atomic mass is 79.9. The Morgan fingerprint density at radius 3 is 2.59 bits per heavy atom. The molecule has 0 saturated carbocycles. The summed E-state index contributed by atoms with van der Waals surface area (Å²) in [4.78, 5) is 34.7. The lowest BCUT2D eigenvalue weighted by Crippen LogP contribution is -2.55. The monoisotopic (exact) mass is 642 g/mol. The van der Waals surface area contributed by atoms with Crippen LogP contribution in [0.3, 0.4) is 0 Å². The van der Waals surface area contributed by atoms with Crippen molar-refractivity contribution in [1.29, 1.82) is 0 Å².